The molecule has 0 aromatic carbocycles. The molecule has 0 saturated carbocycles. The predicted molar refractivity (Wildman–Crippen MR) is 138 cm³/mol. The van der Waals surface area contributed by atoms with E-state index < -0.39 is 15.9 Å². The summed E-state index contributed by atoms with van der Waals surface area (Å²) in [6, 6.07) is 9.95. The highest BCUT2D eigenvalue weighted by Crippen LogP contribution is 2.38. The molecular formula is C25H27N7O3S. The van der Waals surface area contributed by atoms with Crippen LogP contribution in [0.25, 0.3) is 22.3 Å². The Hall–Kier alpha value is -3.99. The summed E-state index contributed by atoms with van der Waals surface area (Å²) < 4.78 is 28.0. The molecular weight excluding hydrogens is 478 g/mol. The van der Waals surface area contributed by atoms with Gasteiger partial charge in [0, 0.05) is 41.6 Å². The molecule has 0 unspecified atom stereocenters. The lowest BCUT2D eigenvalue weighted by molar-refractivity contribution is 0.0981. The number of amides is 1. The van der Waals surface area contributed by atoms with Crippen molar-refractivity contribution in [2.24, 2.45) is 5.92 Å². The molecule has 1 saturated heterocycles. The number of nitrogen functional groups attached to an aromatic ring is 1. The standard InChI is InChI=1S/C25H27N7O3S/c1-15-12-25(2,3)32(14-15)23-18(24(33)31-36(34,35)20-5-4-9-27-21(20)26)6-7-19(30-23)17-11-16-8-10-28-22(16)29-13-17/h4-11,13,15H,12,14H2,1-3H3,(H2,26,27)(H,28,29)(H,31,33)/t15-/m0/s1. The number of nitrogens with one attached hydrogen (secondary N) is 2. The van der Waals surface area contributed by atoms with Crippen molar-refractivity contribution in [3.63, 3.8) is 0 Å². The SMILES string of the molecule is C[C@@H]1CN(c2nc(-c3cnc4[nH]ccc4c3)ccc2C(=O)NS(=O)(=O)c2cccnc2N)C(C)(C)C1. The smallest absolute Gasteiger partial charge is 0.268 e. The van der Waals surface area contributed by atoms with Gasteiger partial charge in [-0.05, 0) is 62.6 Å². The number of sulfonamides is 1. The van der Waals surface area contributed by atoms with Crippen LogP contribution in [-0.4, -0.2) is 46.3 Å². The topological polar surface area (TPSA) is 147 Å². The zero-order chi connectivity index (χ0) is 25.7. The van der Waals surface area contributed by atoms with Crippen molar-refractivity contribution in [3.8, 4) is 11.3 Å². The van der Waals surface area contributed by atoms with Crippen LogP contribution in [0.4, 0.5) is 11.6 Å². The molecule has 186 valence electrons. The number of H-pyrrole nitrogens is 1. The van der Waals surface area contributed by atoms with Gasteiger partial charge in [0.15, 0.2) is 0 Å². The van der Waals surface area contributed by atoms with Crippen molar-refractivity contribution < 1.29 is 13.2 Å². The molecule has 11 heteroatoms. The molecule has 4 N–H and O–H groups in total. The molecule has 0 radical (unpaired) electrons. The van der Waals surface area contributed by atoms with E-state index in [-0.39, 0.29) is 21.8 Å². The molecule has 36 heavy (non-hydrogen) atoms. The Bertz CT molecular complexity index is 1580. The second-order valence-corrected chi connectivity index (χ2v) is 11.4. The molecule has 1 fully saturated rings. The summed E-state index contributed by atoms with van der Waals surface area (Å²) in [6.45, 7) is 7.01. The van der Waals surface area contributed by atoms with Gasteiger partial charge in [-0.3, -0.25) is 4.79 Å². The first-order chi connectivity index (χ1) is 17.0. The molecule has 0 bridgehead atoms. The van der Waals surface area contributed by atoms with E-state index in [2.05, 4.69) is 45.3 Å². The zero-order valence-electron chi connectivity index (χ0n) is 20.2. The summed E-state index contributed by atoms with van der Waals surface area (Å²) in [6.07, 6.45) is 5.82. The van der Waals surface area contributed by atoms with Gasteiger partial charge in [-0.2, -0.15) is 0 Å². The fourth-order valence-electron chi connectivity index (χ4n) is 4.89. The average molecular weight is 506 g/mol. The second kappa shape index (κ2) is 8.59. The molecule has 0 aliphatic carbocycles. The van der Waals surface area contributed by atoms with Crippen molar-refractivity contribution in [2.45, 2.75) is 37.6 Å². The monoisotopic (exact) mass is 505 g/mol. The van der Waals surface area contributed by atoms with Gasteiger partial charge in [-0.15, -0.1) is 0 Å². The summed E-state index contributed by atoms with van der Waals surface area (Å²) in [4.78, 5) is 31.4. The molecule has 5 heterocycles. The Morgan fingerprint density at radius 2 is 2.03 bits per heavy atom. The van der Waals surface area contributed by atoms with E-state index in [0.29, 0.717) is 24.0 Å². The van der Waals surface area contributed by atoms with E-state index in [0.717, 1.165) is 23.0 Å². The fourth-order valence-corrected chi connectivity index (χ4v) is 5.94. The molecule has 4 aromatic heterocycles. The van der Waals surface area contributed by atoms with Crippen molar-refractivity contribution in [3.05, 3.63) is 60.6 Å². The van der Waals surface area contributed by atoms with Gasteiger partial charge in [0.1, 0.15) is 22.2 Å². The van der Waals surface area contributed by atoms with Crippen LogP contribution < -0.4 is 15.4 Å². The van der Waals surface area contributed by atoms with Gasteiger partial charge in [0.25, 0.3) is 15.9 Å². The summed E-state index contributed by atoms with van der Waals surface area (Å²) in [7, 11) is -4.25. The van der Waals surface area contributed by atoms with Gasteiger partial charge in [0.2, 0.25) is 0 Å². The van der Waals surface area contributed by atoms with E-state index in [1.54, 1.807) is 18.3 Å². The third-order valence-electron chi connectivity index (χ3n) is 6.46. The Morgan fingerprint density at radius 3 is 2.75 bits per heavy atom. The van der Waals surface area contributed by atoms with Crippen molar-refractivity contribution in [2.75, 3.05) is 17.2 Å². The second-order valence-electron chi connectivity index (χ2n) is 9.76. The van der Waals surface area contributed by atoms with Crippen LogP contribution in [-0.2, 0) is 10.0 Å². The first-order valence-corrected chi connectivity index (χ1v) is 13.0. The summed E-state index contributed by atoms with van der Waals surface area (Å²) >= 11 is 0. The van der Waals surface area contributed by atoms with E-state index in [9.17, 15) is 13.2 Å². The Morgan fingerprint density at radius 1 is 1.22 bits per heavy atom. The number of hydrogen-bond acceptors (Lipinski definition) is 8. The molecule has 4 aromatic rings. The highest BCUT2D eigenvalue weighted by Gasteiger charge is 2.39. The van der Waals surface area contributed by atoms with Crippen molar-refractivity contribution in [1.29, 1.82) is 0 Å². The van der Waals surface area contributed by atoms with Gasteiger partial charge >= 0.3 is 0 Å². The van der Waals surface area contributed by atoms with E-state index >= 15 is 0 Å². The van der Waals surface area contributed by atoms with Crippen LogP contribution in [0.3, 0.4) is 0 Å². The quantitative estimate of drug-likeness (QED) is 0.374. The van der Waals surface area contributed by atoms with Gasteiger partial charge in [-0.25, -0.2) is 28.1 Å². The number of aromatic nitrogens is 4. The average Bonchev–Trinajstić information content (AvgIpc) is 3.40. The molecule has 10 nitrogen and oxygen atoms in total. The van der Waals surface area contributed by atoms with E-state index in [1.165, 1.54) is 18.3 Å². The maximum Gasteiger partial charge on any atom is 0.268 e. The number of anilines is 2. The van der Waals surface area contributed by atoms with Crippen LogP contribution in [0.5, 0.6) is 0 Å². The number of aromatic amines is 1. The zero-order valence-corrected chi connectivity index (χ0v) is 21.0. The summed E-state index contributed by atoms with van der Waals surface area (Å²) in [5.41, 5.74) is 7.81. The number of carbonyl (C=O) groups excluding carboxylic acids is 1. The first-order valence-electron chi connectivity index (χ1n) is 11.5. The highest BCUT2D eigenvalue weighted by atomic mass is 32.2. The highest BCUT2D eigenvalue weighted by molar-refractivity contribution is 7.90. The molecule has 5 rings (SSSR count). The predicted octanol–water partition coefficient (Wildman–Crippen LogP) is 3.35. The Balaban J connectivity index is 1.58. The van der Waals surface area contributed by atoms with Crippen LogP contribution in [0.15, 0.2) is 59.9 Å². The maximum atomic E-state index is 13.4. The number of pyridine rings is 3. The lowest BCUT2D eigenvalue weighted by Crippen LogP contribution is -2.41. The fraction of sp³-hybridized carbons (Fsp3) is 0.280. The molecule has 0 spiro atoms. The third kappa shape index (κ3) is 4.26. The molecule has 1 aliphatic heterocycles. The van der Waals surface area contributed by atoms with Crippen LogP contribution in [0, 0.1) is 5.92 Å². The van der Waals surface area contributed by atoms with Crippen LogP contribution >= 0.6 is 0 Å². The number of hydrogen-bond donors (Lipinski definition) is 3. The number of carbonyl (C=O) groups is 1. The maximum absolute atomic E-state index is 13.4. The molecule has 1 aliphatic rings. The van der Waals surface area contributed by atoms with Gasteiger partial charge < -0.3 is 15.6 Å². The Kier molecular flexibility index (Phi) is 5.67. The summed E-state index contributed by atoms with van der Waals surface area (Å²) in [5, 5.41) is 0.938. The van der Waals surface area contributed by atoms with Crippen LogP contribution in [0.2, 0.25) is 0 Å². The molecule has 1 amide bonds. The number of rotatable bonds is 5. The number of fused-ring (bicyclic) bond motifs is 1. The lowest BCUT2D eigenvalue weighted by Gasteiger charge is -2.34. The number of nitrogens with zero attached hydrogens (tertiary/aromatic N) is 4. The first kappa shape index (κ1) is 23.7. The normalized spacial score (nSPS) is 17.4. The van der Waals surface area contributed by atoms with E-state index in [4.69, 9.17) is 10.7 Å². The third-order valence-corrected chi connectivity index (χ3v) is 7.84. The minimum Gasteiger partial charge on any atom is -0.383 e. The van der Waals surface area contributed by atoms with Gasteiger partial charge in [0.05, 0.1) is 11.3 Å². The largest absolute Gasteiger partial charge is 0.383 e. The molecule has 1 atom stereocenters. The van der Waals surface area contributed by atoms with E-state index in [1.807, 2.05) is 18.3 Å². The Labute approximate surface area is 209 Å². The summed E-state index contributed by atoms with van der Waals surface area (Å²) in [5.74, 6) is -0.184. The minimum absolute atomic E-state index is 0.155. The minimum atomic E-state index is -4.25. The van der Waals surface area contributed by atoms with Crippen molar-refractivity contribution in [1.82, 2.24) is 24.7 Å². The number of nitrogens with two attached hydrogens (primary N) is 1. The lowest BCUT2D eigenvalue weighted by atomic mass is 9.97. The van der Waals surface area contributed by atoms with Crippen LogP contribution in [0.1, 0.15) is 37.6 Å². The van der Waals surface area contributed by atoms with Gasteiger partial charge in [-0.1, -0.05) is 6.92 Å². The van der Waals surface area contributed by atoms with Crippen molar-refractivity contribution >= 4 is 38.6 Å².